The molecule has 2 aromatic heterocycles. The van der Waals surface area contributed by atoms with Gasteiger partial charge in [-0.05, 0) is 31.2 Å². The van der Waals surface area contributed by atoms with Crippen LogP contribution in [0.15, 0.2) is 63.6 Å². The number of nitriles is 1. The first-order valence-corrected chi connectivity index (χ1v) is 6.59. The molecule has 0 N–H and O–H groups in total. The molecule has 0 amide bonds. The predicted octanol–water partition coefficient (Wildman–Crippen LogP) is 4.91. The van der Waals surface area contributed by atoms with Crippen molar-refractivity contribution in [2.75, 3.05) is 0 Å². The zero-order valence-corrected chi connectivity index (χ0v) is 11.5. The fourth-order valence-electron chi connectivity index (χ4n) is 2.04. The van der Waals surface area contributed by atoms with Crippen LogP contribution in [0.1, 0.15) is 17.1 Å². The lowest BCUT2D eigenvalue weighted by atomic mass is 10.1. The van der Waals surface area contributed by atoms with Gasteiger partial charge in [0, 0.05) is 11.6 Å². The Hall–Kier alpha value is -2.99. The molecule has 2 heterocycles. The van der Waals surface area contributed by atoms with Crippen LogP contribution in [0.4, 0.5) is 0 Å². The minimum atomic E-state index is 0.435. The second kappa shape index (κ2) is 5.56. The van der Waals surface area contributed by atoms with Crippen molar-refractivity contribution in [2.45, 2.75) is 6.92 Å². The maximum Gasteiger partial charge on any atom is 0.144 e. The molecule has 0 aliphatic rings. The van der Waals surface area contributed by atoms with Gasteiger partial charge in [0.25, 0.3) is 0 Å². The lowest BCUT2D eigenvalue weighted by Crippen LogP contribution is -1.76. The molecule has 0 aliphatic carbocycles. The van der Waals surface area contributed by atoms with Crippen molar-refractivity contribution >= 4 is 11.6 Å². The number of nitrogens with zero attached hydrogens (tertiary/aromatic N) is 1. The normalized spacial score (nSPS) is 11.3. The first kappa shape index (κ1) is 13.0. The SMILES string of the molecule is Cc1ccc(-c2ccc(/C=C(\C#N)c3ccco3)o2)cc1. The lowest BCUT2D eigenvalue weighted by molar-refractivity contribution is 0.553. The van der Waals surface area contributed by atoms with Crippen LogP contribution in [0.3, 0.4) is 0 Å². The summed E-state index contributed by atoms with van der Waals surface area (Å²) in [5, 5.41) is 9.19. The third-order valence-electron chi connectivity index (χ3n) is 3.16. The summed E-state index contributed by atoms with van der Waals surface area (Å²) in [6.45, 7) is 2.04. The molecule has 0 aliphatic heterocycles. The topological polar surface area (TPSA) is 50.1 Å². The van der Waals surface area contributed by atoms with Gasteiger partial charge in [0.1, 0.15) is 23.3 Å². The summed E-state index contributed by atoms with van der Waals surface area (Å²) in [4.78, 5) is 0. The Morgan fingerprint density at radius 3 is 2.57 bits per heavy atom. The Morgan fingerprint density at radius 1 is 1.10 bits per heavy atom. The van der Waals surface area contributed by atoms with E-state index in [-0.39, 0.29) is 0 Å². The van der Waals surface area contributed by atoms with Gasteiger partial charge in [0.2, 0.25) is 0 Å². The third-order valence-corrected chi connectivity index (χ3v) is 3.16. The van der Waals surface area contributed by atoms with E-state index in [1.54, 1.807) is 24.5 Å². The van der Waals surface area contributed by atoms with E-state index < -0.39 is 0 Å². The van der Waals surface area contributed by atoms with Gasteiger partial charge in [-0.15, -0.1) is 0 Å². The maximum absolute atomic E-state index is 9.19. The van der Waals surface area contributed by atoms with E-state index in [0.717, 1.165) is 11.3 Å². The van der Waals surface area contributed by atoms with Crippen molar-refractivity contribution in [3.63, 3.8) is 0 Å². The monoisotopic (exact) mass is 275 g/mol. The molecule has 3 heteroatoms. The van der Waals surface area contributed by atoms with Crippen molar-refractivity contribution in [3.05, 3.63) is 71.9 Å². The molecule has 102 valence electrons. The van der Waals surface area contributed by atoms with Gasteiger partial charge in [-0.1, -0.05) is 29.8 Å². The molecule has 0 spiro atoms. The largest absolute Gasteiger partial charge is 0.464 e. The average Bonchev–Trinajstić information content (AvgIpc) is 3.17. The van der Waals surface area contributed by atoms with Crippen LogP contribution in [0.2, 0.25) is 0 Å². The first-order chi connectivity index (χ1) is 10.3. The zero-order chi connectivity index (χ0) is 14.7. The number of aryl methyl sites for hydroxylation is 1. The minimum absolute atomic E-state index is 0.435. The number of benzene rings is 1. The number of rotatable bonds is 3. The number of hydrogen-bond acceptors (Lipinski definition) is 3. The average molecular weight is 275 g/mol. The van der Waals surface area contributed by atoms with Crippen LogP contribution < -0.4 is 0 Å². The molecule has 21 heavy (non-hydrogen) atoms. The van der Waals surface area contributed by atoms with Gasteiger partial charge in [0.15, 0.2) is 0 Å². The highest BCUT2D eigenvalue weighted by molar-refractivity contribution is 5.86. The van der Waals surface area contributed by atoms with Gasteiger partial charge in [-0.3, -0.25) is 0 Å². The number of furan rings is 2. The highest BCUT2D eigenvalue weighted by Crippen LogP contribution is 2.25. The fraction of sp³-hybridized carbons (Fsp3) is 0.0556. The van der Waals surface area contributed by atoms with Gasteiger partial charge in [-0.25, -0.2) is 0 Å². The Bertz CT molecular complexity index is 800. The molecule has 0 bridgehead atoms. The van der Waals surface area contributed by atoms with Crippen LogP contribution in [0, 0.1) is 18.3 Å². The van der Waals surface area contributed by atoms with Crippen molar-refractivity contribution in [1.29, 1.82) is 5.26 Å². The Balaban J connectivity index is 1.92. The molecule has 3 nitrogen and oxygen atoms in total. The van der Waals surface area contributed by atoms with Crippen LogP contribution in [-0.2, 0) is 0 Å². The molecule has 0 atom stereocenters. The highest BCUT2D eigenvalue weighted by atomic mass is 16.3. The van der Waals surface area contributed by atoms with E-state index in [1.807, 2.05) is 43.3 Å². The van der Waals surface area contributed by atoms with E-state index in [9.17, 15) is 5.26 Å². The van der Waals surface area contributed by atoms with E-state index in [4.69, 9.17) is 8.83 Å². The van der Waals surface area contributed by atoms with Gasteiger partial charge < -0.3 is 8.83 Å². The van der Waals surface area contributed by atoms with E-state index >= 15 is 0 Å². The van der Waals surface area contributed by atoms with E-state index in [2.05, 4.69) is 6.07 Å². The van der Waals surface area contributed by atoms with Gasteiger partial charge in [0.05, 0.1) is 11.8 Å². The summed E-state index contributed by atoms with van der Waals surface area (Å²) in [5.41, 5.74) is 2.65. The summed E-state index contributed by atoms with van der Waals surface area (Å²) >= 11 is 0. The smallest absolute Gasteiger partial charge is 0.144 e. The molecule has 0 fully saturated rings. The minimum Gasteiger partial charge on any atom is -0.464 e. The second-order valence-corrected chi connectivity index (χ2v) is 4.72. The van der Waals surface area contributed by atoms with Crippen LogP contribution in [0.25, 0.3) is 23.0 Å². The van der Waals surface area contributed by atoms with E-state index in [1.165, 1.54) is 5.56 Å². The standard InChI is InChI=1S/C18H13NO2/c1-13-4-6-14(7-5-13)18-9-8-16(21-18)11-15(12-19)17-3-2-10-20-17/h2-11H,1H3/b15-11+. The lowest BCUT2D eigenvalue weighted by Gasteiger charge is -1.97. The molecule has 3 aromatic rings. The van der Waals surface area contributed by atoms with Crippen molar-refractivity contribution < 1.29 is 8.83 Å². The zero-order valence-electron chi connectivity index (χ0n) is 11.5. The van der Waals surface area contributed by atoms with Crippen LogP contribution in [0.5, 0.6) is 0 Å². The Labute approximate surface area is 122 Å². The fourth-order valence-corrected chi connectivity index (χ4v) is 2.04. The summed E-state index contributed by atoms with van der Waals surface area (Å²) in [6.07, 6.45) is 3.22. The molecular weight excluding hydrogens is 262 g/mol. The van der Waals surface area contributed by atoms with Crippen molar-refractivity contribution in [2.24, 2.45) is 0 Å². The Morgan fingerprint density at radius 2 is 1.90 bits per heavy atom. The van der Waals surface area contributed by atoms with E-state index in [0.29, 0.717) is 17.1 Å². The predicted molar refractivity (Wildman–Crippen MR) is 81.1 cm³/mol. The second-order valence-electron chi connectivity index (χ2n) is 4.72. The van der Waals surface area contributed by atoms with Crippen molar-refractivity contribution in [3.8, 4) is 17.4 Å². The van der Waals surface area contributed by atoms with Crippen LogP contribution in [-0.4, -0.2) is 0 Å². The molecule has 1 aromatic carbocycles. The summed E-state index contributed by atoms with van der Waals surface area (Å²) in [7, 11) is 0. The molecular formula is C18H13NO2. The van der Waals surface area contributed by atoms with Gasteiger partial charge in [-0.2, -0.15) is 5.26 Å². The highest BCUT2D eigenvalue weighted by Gasteiger charge is 2.07. The third kappa shape index (κ3) is 2.80. The molecule has 3 rings (SSSR count). The molecule has 0 saturated heterocycles. The summed E-state index contributed by atoms with van der Waals surface area (Å²) in [6, 6.07) is 17.5. The number of hydrogen-bond donors (Lipinski definition) is 0. The van der Waals surface area contributed by atoms with Gasteiger partial charge >= 0.3 is 0 Å². The Kier molecular flexibility index (Phi) is 3.44. The maximum atomic E-state index is 9.19. The first-order valence-electron chi connectivity index (χ1n) is 6.59. The number of allylic oxidation sites excluding steroid dienone is 1. The van der Waals surface area contributed by atoms with Crippen molar-refractivity contribution in [1.82, 2.24) is 0 Å². The molecule has 0 saturated carbocycles. The summed E-state index contributed by atoms with van der Waals surface area (Å²) in [5.74, 6) is 1.93. The van der Waals surface area contributed by atoms with Crippen LogP contribution >= 0.6 is 0 Å². The summed E-state index contributed by atoms with van der Waals surface area (Å²) < 4.78 is 11.0. The molecule has 0 radical (unpaired) electrons. The quantitative estimate of drug-likeness (QED) is 0.638. The molecule has 0 unspecified atom stereocenters.